The number of nitrogens with one attached hydrogen (secondary N) is 1. The van der Waals surface area contributed by atoms with E-state index in [0.29, 0.717) is 45.1 Å². The van der Waals surface area contributed by atoms with Crippen molar-refractivity contribution in [3.05, 3.63) is 41.3 Å². The zero-order chi connectivity index (χ0) is 23.6. The molecule has 2 saturated heterocycles. The molecule has 0 amide bonds. The van der Waals surface area contributed by atoms with E-state index in [-0.39, 0.29) is 5.82 Å². The molecule has 0 bridgehead atoms. The summed E-state index contributed by atoms with van der Waals surface area (Å²) < 4.78 is 58.1. The number of benzene rings is 1. The molecule has 2 aromatic rings. The Labute approximate surface area is 191 Å². The highest BCUT2D eigenvalue weighted by atomic mass is 19.4. The lowest BCUT2D eigenvalue weighted by atomic mass is 9.99. The van der Waals surface area contributed by atoms with Gasteiger partial charge in [-0.2, -0.15) is 13.2 Å². The van der Waals surface area contributed by atoms with Gasteiger partial charge in [0.25, 0.3) is 0 Å². The van der Waals surface area contributed by atoms with Crippen molar-refractivity contribution in [3.63, 3.8) is 0 Å². The molecule has 2 fully saturated rings. The Morgan fingerprint density at radius 1 is 1.09 bits per heavy atom. The van der Waals surface area contributed by atoms with E-state index >= 15 is 0 Å². The summed E-state index contributed by atoms with van der Waals surface area (Å²) in [7, 11) is 0. The number of hydrogen-bond acceptors (Lipinski definition) is 5. The van der Waals surface area contributed by atoms with Crippen LogP contribution in [0, 0.1) is 25.6 Å². The summed E-state index contributed by atoms with van der Waals surface area (Å²) >= 11 is 0. The molecular weight excluding hydrogens is 436 g/mol. The molecule has 2 aliphatic rings. The molecule has 0 spiro atoms. The smallest absolute Gasteiger partial charge is 0.378 e. The normalized spacial score (nSPS) is 19.8. The maximum atomic E-state index is 14.7. The molecule has 180 valence electrons. The SMILES string of the molecule is Cc1cc(-c2cc(NCN3CC[C@@H](CC(F)(F)F)C3)c(F)cc2C)cc(N2CCOCC2)n1. The lowest BCUT2D eigenvalue weighted by Gasteiger charge is -2.28. The third-order valence-electron chi connectivity index (χ3n) is 6.28. The highest BCUT2D eigenvalue weighted by molar-refractivity contribution is 5.74. The van der Waals surface area contributed by atoms with Crippen LogP contribution in [0.1, 0.15) is 24.1 Å². The second kappa shape index (κ2) is 9.85. The fraction of sp³-hybridized carbons (Fsp3) is 0.542. The lowest BCUT2D eigenvalue weighted by Crippen LogP contribution is -2.36. The number of ether oxygens (including phenoxy) is 1. The Kier molecular flexibility index (Phi) is 7.09. The molecule has 0 unspecified atom stereocenters. The van der Waals surface area contributed by atoms with E-state index in [9.17, 15) is 17.6 Å². The first-order valence-electron chi connectivity index (χ1n) is 11.3. The van der Waals surface area contributed by atoms with E-state index in [1.54, 1.807) is 6.07 Å². The molecule has 2 aliphatic heterocycles. The molecule has 0 aliphatic carbocycles. The second-order valence-electron chi connectivity index (χ2n) is 8.99. The number of aryl methyl sites for hydroxylation is 2. The highest BCUT2D eigenvalue weighted by Gasteiger charge is 2.35. The fourth-order valence-electron chi connectivity index (χ4n) is 4.63. The number of nitrogens with zero attached hydrogens (tertiary/aromatic N) is 3. The number of rotatable bonds is 6. The first-order valence-corrected chi connectivity index (χ1v) is 11.3. The van der Waals surface area contributed by atoms with Crippen LogP contribution in [0.2, 0.25) is 0 Å². The standard InChI is InChI=1S/C24H30F4N4O/c1-16-9-21(25)22(29-15-31-4-3-18(14-31)13-24(26,27)28)12-20(16)19-10-17(2)30-23(11-19)32-5-7-33-8-6-32/h9-12,18,29H,3-8,13-15H2,1-2H3/t18-/m0/s1. The van der Waals surface area contributed by atoms with Crippen LogP contribution in [-0.4, -0.2) is 62.1 Å². The van der Waals surface area contributed by atoms with Gasteiger partial charge >= 0.3 is 6.18 Å². The van der Waals surface area contributed by atoms with Gasteiger partial charge in [-0.3, -0.25) is 4.90 Å². The van der Waals surface area contributed by atoms with Crippen LogP contribution in [0.4, 0.5) is 29.1 Å². The molecule has 1 N–H and O–H groups in total. The second-order valence-corrected chi connectivity index (χ2v) is 8.99. The largest absolute Gasteiger partial charge is 0.389 e. The highest BCUT2D eigenvalue weighted by Crippen LogP contribution is 2.33. The molecule has 1 atom stereocenters. The van der Waals surface area contributed by atoms with Crippen molar-refractivity contribution in [2.45, 2.75) is 32.9 Å². The molecule has 1 aromatic heterocycles. The van der Waals surface area contributed by atoms with Gasteiger partial charge in [0.05, 0.1) is 25.6 Å². The van der Waals surface area contributed by atoms with Crippen molar-refractivity contribution in [2.75, 3.05) is 56.3 Å². The van der Waals surface area contributed by atoms with E-state index in [4.69, 9.17) is 4.74 Å². The zero-order valence-electron chi connectivity index (χ0n) is 19.0. The topological polar surface area (TPSA) is 40.6 Å². The molecule has 5 nitrogen and oxygen atoms in total. The van der Waals surface area contributed by atoms with Gasteiger partial charge in [-0.15, -0.1) is 0 Å². The van der Waals surface area contributed by atoms with Crippen LogP contribution in [0.15, 0.2) is 24.3 Å². The minimum atomic E-state index is -4.14. The molecule has 9 heteroatoms. The van der Waals surface area contributed by atoms with Crippen LogP contribution in [0.3, 0.4) is 0 Å². The Morgan fingerprint density at radius 2 is 1.85 bits per heavy atom. The summed E-state index contributed by atoms with van der Waals surface area (Å²) in [5, 5.41) is 3.10. The minimum Gasteiger partial charge on any atom is -0.378 e. The van der Waals surface area contributed by atoms with E-state index in [2.05, 4.69) is 15.2 Å². The van der Waals surface area contributed by atoms with Crippen molar-refractivity contribution in [3.8, 4) is 11.1 Å². The summed E-state index contributed by atoms with van der Waals surface area (Å²) in [5.41, 5.74) is 3.88. The van der Waals surface area contributed by atoms with E-state index in [1.165, 1.54) is 6.07 Å². The van der Waals surface area contributed by atoms with Crippen LogP contribution >= 0.6 is 0 Å². The van der Waals surface area contributed by atoms with Gasteiger partial charge in [0, 0.05) is 38.3 Å². The first-order chi connectivity index (χ1) is 15.7. The van der Waals surface area contributed by atoms with Gasteiger partial charge in [0.1, 0.15) is 11.6 Å². The van der Waals surface area contributed by atoms with Gasteiger partial charge in [-0.25, -0.2) is 9.37 Å². The molecule has 0 radical (unpaired) electrons. The van der Waals surface area contributed by atoms with Crippen LogP contribution in [0.5, 0.6) is 0 Å². The summed E-state index contributed by atoms with van der Waals surface area (Å²) in [6, 6.07) is 7.28. The Hall–Kier alpha value is -2.39. The summed E-state index contributed by atoms with van der Waals surface area (Å²) in [6.07, 6.45) is -4.41. The third-order valence-corrected chi connectivity index (χ3v) is 6.28. The minimum absolute atomic E-state index is 0.308. The third kappa shape index (κ3) is 6.14. The van der Waals surface area contributed by atoms with Crippen molar-refractivity contribution in [1.82, 2.24) is 9.88 Å². The summed E-state index contributed by atoms with van der Waals surface area (Å²) in [4.78, 5) is 8.76. The molecule has 1 aromatic carbocycles. The first kappa shape index (κ1) is 23.8. The Bertz CT molecular complexity index is 976. The fourth-order valence-corrected chi connectivity index (χ4v) is 4.63. The molecule has 0 saturated carbocycles. The number of morpholine rings is 1. The number of alkyl halides is 3. The monoisotopic (exact) mass is 466 g/mol. The maximum absolute atomic E-state index is 14.7. The zero-order valence-corrected chi connectivity index (χ0v) is 19.0. The van der Waals surface area contributed by atoms with E-state index < -0.39 is 18.5 Å². The van der Waals surface area contributed by atoms with Crippen molar-refractivity contribution in [1.29, 1.82) is 0 Å². The molecule has 4 rings (SSSR count). The average Bonchev–Trinajstić information content (AvgIpc) is 3.19. The average molecular weight is 467 g/mol. The Balaban J connectivity index is 1.49. The van der Waals surface area contributed by atoms with Crippen LogP contribution in [0.25, 0.3) is 11.1 Å². The summed E-state index contributed by atoms with van der Waals surface area (Å²) in [6.45, 7) is 7.92. The predicted octanol–water partition coefficient (Wildman–Crippen LogP) is 4.98. The number of halogens is 4. The van der Waals surface area contributed by atoms with Gasteiger partial charge in [0.2, 0.25) is 0 Å². The number of anilines is 2. The number of likely N-dealkylation sites (tertiary alicyclic amines) is 1. The Morgan fingerprint density at radius 3 is 2.58 bits per heavy atom. The number of hydrogen-bond donors (Lipinski definition) is 1. The van der Waals surface area contributed by atoms with Gasteiger partial charge in [0.15, 0.2) is 0 Å². The van der Waals surface area contributed by atoms with Crippen molar-refractivity contribution < 1.29 is 22.3 Å². The molecular formula is C24H30F4N4O. The lowest BCUT2D eigenvalue weighted by molar-refractivity contribution is -0.143. The van der Waals surface area contributed by atoms with Crippen LogP contribution < -0.4 is 10.2 Å². The maximum Gasteiger partial charge on any atom is 0.389 e. The molecule has 33 heavy (non-hydrogen) atoms. The number of aromatic nitrogens is 1. The quantitative estimate of drug-likeness (QED) is 0.608. The molecule has 3 heterocycles. The predicted molar refractivity (Wildman–Crippen MR) is 121 cm³/mol. The van der Waals surface area contributed by atoms with Gasteiger partial charge in [-0.1, -0.05) is 0 Å². The van der Waals surface area contributed by atoms with Crippen molar-refractivity contribution in [2.24, 2.45) is 5.92 Å². The van der Waals surface area contributed by atoms with E-state index in [1.807, 2.05) is 30.9 Å². The summed E-state index contributed by atoms with van der Waals surface area (Å²) in [5.74, 6) is 0.101. The van der Waals surface area contributed by atoms with Crippen molar-refractivity contribution >= 4 is 11.5 Å². The van der Waals surface area contributed by atoms with Crippen LogP contribution in [-0.2, 0) is 4.74 Å². The number of pyridine rings is 1. The van der Waals surface area contributed by atoms with Gasteiger partial charge in [-0.05, 0) is 67.1 Å². The van der Waals surface area contributed by atoms with E-state index in [0.717, 1.165) is 41.3 Å². The van der Waals surface area contributed by atoms with Gasteiger partial charge < -0.3 is 15.0 Å².